The standard InChI is InChI=1S/C13H15N3OS/c1-8-3-4-11-10(7-8)15-13(18-11)14-9-5-6-16(2)12(9)17/h3-4,7,9H,5-6H2,1-2H3,(H,14,15). The van der Waals surface area contributed by atoms with E-state index in [-0.39, 0.29) is 11.9 Å². The lowest BCUT2D eigenvalue weighted by Gasteiger charge is -2.10. The number of rotatable bonds is 2. The molecule has 5 heteroatoms. The van der Waals surface area contributed by atoms with Crippen LogP contribution in [0.3, 0.4) is 0 Å². The average molecular weight is 261 g/mol. The molecular formula is C13H15N3OS. The van der Waals surface area contributed by atoms with E-state index >= 15 is 0 Å². The van der Waals surface area contributed by atoms with E-state index in [9.17, 15) is 4.79 Å². The molecule has 1 fully saturated rings. The number of nitrogens with one attached hydrogen (secondary N) is 1. The summed E-state index contributed by atoms with van der Waals surface area (Å²) in [5.41, 5.74) is 2.21. The zero-order valence-electron chi connectivity index (χ0n) is 10.4. The van der Waals surface area contributed by atoms with Crippen LogP contribution in [-0.4, -0.2) is 35.4 Å². The van der Waals surface area contributed by atoms with Gasteiger partial charge in [0.05, 0.1) is 10.2 Å². The minimum atomic E-state index is -0.114. The second-order valence-corrected chi connectivity index (χ2v) is 5.77. The van der Waals surface area contributed by atoms with Crippen molar-refractivity contribution >= 4 is 32.6 Å². The van der Waals surface area contributed by atoms with Gasteiger partial charge in [-0.15, -0.1) is 0 Å². The molecule has 1 N–H and O–H groups in total. The SMILES string of the molecule is Cc1ccc2sc(NC3CCN(C)C3=O)nc2c1. The van der Waals surface area contributed by atoms with Crippen molar-refractivity contribution in [3.63, 3.8) is 0 Å². The lowest BCUT2D eigenvalue weighted by molar-refractivity contribution is -0.127. The Hall–Kier alpha value is -1.62. The fraction of sp³-hybridized carbons (Fsp3) is 0.385. The summed E-state index contributed by atoms with van der Waals surface area (Å²) in [6, 6.07) is 6.12. The highest BCUT2D eigenvalue weighted by Crippen LogP contribution is 2.28. The summed E-state index contributed by atoms with van der Waals surface area (Å²) in [5, 5.41) is 4.08. The Morgan fingerprint density at radius 2 is 2.33 bits per heavy atom. The molecular weight excluding hydrogens is 246 g/mol. The first-order valence-electron chi connectivity index (χ1n) is 6.02. The maximum Gasteiger partial charge on any atom is 0.244 e. The Morgan fingerprint density at radius 1 is 1.50 bits per heavy atom. The third-order valence-electron chi connectivity index (χ3n) is 3.27. The molecule has 1 amide bonds. The van der Waals surface area contributed by atoms with Gasteiger partial charge in [-0.1, -0.05) is 17.4 Å². The smallest absolute Gasteiger partial charge is 0.244 e. The highest BCUT2D eigenvalue weighted by molar-refractivity contribution is 7.22. The summed E-state index contributed by atoms with van der Waals surface area (Å²) in [6.07, 6.45) is 0.851. The van der Waals surface area contributed by atoms with Crippen LogP contribution in [0.1, 0.15) is 12.0 Å². The third-order valence-corrected chi connectivity index (χ3v) is 4.24. The number of aryl methyl sites for hydroxylation is 1. The lowest BCUT2D eigenvalue weighted by atomic mass is 10.2. The van der Waals surface area contributed by atoms with Gasteiger partial charge < -0.3 is 10.2 Å². The van der Waals surface area contributed by atoms with Crippen LogP contribution < -0.4 is 5.32 Å². The van der Waals surface area contributed by atoms with Gasteiger partial charge in [0.2, 0.25) is 5.91 Å². The van der Waals surface area contributed by atoms with Crippen molar-refractivity contribution in [1.29, 1.82) is 0 Å². The molecule has 3 rings (SSSR count). The molecule has 0 aliphatic carbocycles. The largest absolute Gasteiger partial charge is 0.350 e. The van der Waals surface area contributed by atoms with Crippen molar-refractivity contribution in [2.24, 2.45) is 0 Å². The van der Waals surface area contributed by atoms with Crippen LogP contribution in [0.5, 0.6) is 0 Å². The van der Waals surface area contributed by atoms with Crippen LogP contribution in [0.25, 0.3) is 10.2 Å². The number of likely N-dealkylation sites (N-methyl/N-ethyl adjacent to an activating group) is 1. The minimum absolute atomic E-state index is 0.114. The number of amides is 1. The van der Waals surface area contributed by atoms with Crippen molar-refractivity contribution in [3.05, 3.63) is 23.8 Å². The molecule has 18 heavy (non-hydrogen) atoms. The minimum Gasteiger partial charge on any atom is -0.350 e. The predicted molar refractivity (Wildman–Crippen MR) is 74.0 cm³/mol. The van der Waals surface area contributed by atoms with Gasteiger partial charge in [-0.25, -0.2) is 4.98 Å². The monoisotopic (exact) mass is 261 g/mol. The molecule has 0 radical (unpaired) electrons. The van der Waals surface area contributed by atoms with Crippen molar-refractivity contribution in [1.82, 2.24) is 9.88 Å². The molecule has 4 nitrogen and oxygen atoms in total. The van der Waals surface area contributed by atoms with Crippen LogP contribution in [0.4, 0.5) is 5.13 Å². The lowest BCUT2D eigenvalue weighted by Crippen LogP contribution is -2.30. The van der Waals surface area contributed by atoms with Gasteiger partial charge in [0.25, 0.3) is 0 Å². The van der Waals surface area contributed by atoms with E-state index < -0.39 is 0 Å². The van der Waals surface area contributed by atoms with E-state index in [2.05, 4.69) is 35.4 Å². The van der Waals surface area contributed by atoms with E-state index in [1.165, 1.54) is 5.56 Å². The van der Waals surface area contributed by atoms with Crippen LogP contribution in [-0.2, 0) is 4.79 Å². The molecule has 1 aromatic carbocycles. The summed E-state index contributed by atoms with van der Waals surface area (Å²) < 4.78 is 1.15. The summed E-state index contributed by atoms with van der Waals surface area (Å²) in [4.78, 5) is 18.1. The maximum absolute atomic E-state index is 11.8. The number of likely N-dealkylation sites (tertiary alicyclic amines) is 1. The molecule has 1 unspecified atom stereocenters. The van der Waals surface area contributed by atoms with Crippen LogP contribution in [0.15, 0.2) is 18.2 Å². The molecule has 1 aliphatic heterocycles. The molecule has 1 aliphatic rings. The van der Waals surface area contributed by atoms with E-state index in [0.29, 0.717) is 0 Å². The summed E-state index contributed by atoms with van der Waals surface area (Å²) in [6.45, 7) is 2.88. The van der Waals surface area contributed by atoms with E-state index in [0.717, 1.165) is 28.3 Å². The van der Waals surface area contributed by atoms with E-state index in [1.807, 2.05) is 7.05 Å². The molecule has 2 aromatic rings. The van der Waals surface area contributed by atoms with Crippen molar-refractivity contribution in [2.75, 3.05) is 18.9 Å². The number of fused-ring (bicyclic) bond motifs is 1. The zero-order valence-corrected chi connectivity index (χ0v) is 11.3. The van der Waals surface area contributed by atoms with E-state index in [4.69, 9.17) is 0 Å². The molecule has 0 spiro atoms. The number of anilines is 1. The summed E-state index contributed by atoms with van der Waals surface area (Å²) >= 11 is 1.60. The van der Waals surface area contributed by atoms with Crippen molar-refractivity contribution in [2.45, 2.75) is 19.4 Å². The summed E-state index contributed by atoms with van der Waals surface area (Å²) in [5.74, 6) is 0.158. The van der Waals surface area contributed by atoms with Crippen LogP contribution >= 0.6 is 11.3 Å². The maximum atomic E-state index is 11.8. The van der Waals surface area contributed by atoms with Crippen molar-refractivity contribution < 1.29 is 4.79 Å². The molecule has 2 heterocycles. The van der Waals surface area contributed by atoms with Crippen LogP contribution in [0, 0.1) is 6.92 Å². The van der Waals surface area contributed by atoms with Gasteiger partial charge in [0.1, 0.15) is 6.04 Å². The number of carbonyl (C=O) groups is 1. The molecule has 0 bridgehead atoms. The Bertz CT molecular complexity index is 607. The van der Waals surface area contributed by atoms with Gasteiger partial charge in [0.15, 0.2) is 5.13 Å². The molecule has 94 valence electrons. The van der Waals surface area contributed by atoms with Crippen molar-refractivity contribution in [3.8, 4) is 0 Å². The molecule has 1 atom stereocenters. The number of benzene rings is 1. The molecule has 1 saturated heterocycles. The Kier molecular flexibility index (Phi) is 2.70. The van der Waals surface area contributed by atoms with Crippen LogP contribution in [0.2, 0.25) is 0 Å². The predicted octanol–water partition coefficient (Wildman–Crippen LogP) is 2.25. The topological polar surface area (TPSA) is 45.2 Å². The van der Waals surface area contributed by atoms with Gasteiger partial charge >= 0.3 is 0 Å². The number of hydrogen-bond acceptors (Lipinski definition) is 4. The van der Waals surface area contributed by atoms with Gasteiger partial charge in [-0.3, -0.25) is 4.79 Å². The number of nitrogens with zero attached hydrogens (tertiary/aromatic N) is 2. The van der Waals surface area contributed by atoms with Gasteiger partial charge in [0, 0.05) is 13.6 Å². The number of carbonyl (C=O) groups excluding carboxylic acids is 1. The third kappa shape index (κ3) is 1.95. The first-order valence-corrected chi connectivity index (χ1v) is 6.84. The molecule has 1 aromatic heterocycles. The normalized spacial score (nSPS) is 19.8. The number of aromatic nitrogens is 1. The Morgan fingerprint density at radius 3 is 3.06 bits per heavy atom. The zero-order chi connectivity index (χ0) is 12.7. The fourth-order valence-electron chi connectivity index (χ4n) is 2.20. The highest BCUT2D eigenvalue weighted by atomic mass is 32.1. The fourth-order valence-corrected chi connectivity index (χ4v) is 3.10. The average Bonchev–Trinajstić information content (AvgIpc) is 2.86. The number of hydrogen-bond donors (Lipinski definition) is 1. The second-order valence-electron chi connectivity index (χ2n) is 4.74. The second kappa shape index (κ2) is 4.24. The quantitative estimate of drug-likeness (QED) is 0.902. The van der Waals surface area contributed by atoms with Gasteiger partial charge in [-0.2, -0.15) is 0 Å². The first kappa shape index (κ1) is 11.5. The molecule has 0 saturated carbocycles. The number of thiazole rings is 1. The van der Waals surface area contributed by atoms with E-state index in [1.54, 1.807) is 16.2 Å². The first-order chi connectivity index (χ1) is 8.63. The summed E-state index contributed by atoms with van der Waals surface area (Å²) in [7, 11) is 1.84. The Labute approximate surface area is 110 Å². The Balaban J connectivity index is 1.85. The van der Waals surface area contributed by atoms with Gasteiger partial charge in [-0.05, 0) is 31.0 Å². The highest BCUT2D eigenvalue weighted by Gasteiger charge is 2.29.